The monoisotopic (exact) mass is 550 g/mol. The average Bonchev–Trinajstić information content (AvgIpc) is 3.35. The summed E-state index contributed by atoms with van der Waals surface area (Å²) < 4.78 is 32.0. The number of methoxy groups -OCH3 is 1. The summed E-state index contributed by atoms with van der Waals surface area (Å²) in [4.78, 5) is 12.7. The summed E-state index contributed by atoms with van der Waals surface area (Å²) in [5, 5.41) is 39.1. The van der Waals surface area contributed by atoms with Gasteiger partial charge in [0.05, 0.1) is 18.4 Å². The molecule has 0 saturated carbocycles. The number of nitrogens with zero attached hydrogens (tertiary/aromatic N) is 9. The minimum Gasteiger partial charge on any atom is -0.383 e. The van der Waals surface area contributed by atoms with Crippen LogP contribution in [0.25, 0.3) is 5.95 Å². The molecule has 3 N–H and O–H groups in total. The first-order chi connectivity index (χ1) is 18.7. The minimum absolute atomic E-state index is 0.0236. The third kappa shape index (κ3) is 7.39. The van der Waals surface area contributed by atoms with E-state index in [4.69, 9.17) is 4.74 Å². The number of rotatable bonds is 13. The molecule has 15 nitrogen and oxygen atoms in total. The molecular weight excluding hydrogens is 524 g/mol. The van der Waals surface area contributed by atoms with Gasteiger partial charge in [0.15, 0.2) is 5.82 Å². The highest BCUT2D eigenvalue weighted by molar-refractivity contribution is 7.92. The van der Waals surface area contributed by atoms with Gasteiger partial charge in [-0.05, 0) is 19.9 Å². The van der Waals surface area contributed by atoms with E-state index in [9.17, 15) is 18.9 Å². The smallest absolute Gasteiger partial charge is 0.250 e. The number of hydrogen-bond acceptors (Lipinski definition) is 13. The molecule has 1 atom stereocenters. The molecule has 0 aliphatic rings. The van der Waals surface area contributed by atoms with Gasteiger partial charge in [-0.2, -0.15) is 10.5 Å². The zero-order valence-electron chi connectivity index (χ0n) is 21.5. The Kier molecular flexibility index (Phi) is 9.71. The standard InChI is InChI=1S/C23H26N12O3S/c1-5-39(36,37)29-10-9-26-21-18(12-25)16(3)19(22(31-21)30-15(2)14-38-4)32-33-20-17(11-24)13-35(34-20)23-27-7-6-8-28-23/h5-8,13,15,29H,1,9-10,14H2,2-4H3,(H2,26,30,31). The lowest BCUT2D eigenvalue weighted by atomic mass is 10.1. The van der Waals surface area contributed by atoms with Gasteiger partial charge in [-0.1, -0.05) is 6.58 Å². The van der Waals surface area contributed by atoms with Crippen LogP contribution in [0.4, 0.5) is 23.1 Å². The number of azo groups is 1. The van der Waals surface area contributed by atoms with Crippen molar-refractivity contribution in [1.82, 2.24) is 29.5 Å². The molecule has 0 fully saturated rings. The van der Waals surface area contributed by atoms with Crippen molar-refractivity contribution in [1.29, 1.82) is 10.5 Å². The Morgan fingerprint density at radius 1 is 1.21 bits per heavy atom. The molecule has 3 rings (SSSR count). The Hall–Kier alpha value is -4.77. The fraction of sp³-hybridized carbons (Fsp3) is 0.304. The molecule has 0 bridgehead atoms. The van der Waals surface area contributed by atoms with Gasteiger partial charge in [-0.15, -0.1) is 15.3 Å². The fourth-order valence-corrected chi connectivity index (χ4v) is 3.77. The molecule has 16 heteroatoms. The van der Waals surface area contributed by atoms with E-state index in [1.807, 2.05) is 13.0 Å². The maximum absolute atomic E-state index is 11.6. The Labute approximate surface area is 225 Å². The van der Waals surface area contributed by atoms with Crippen LogP contribution in [0, 0.1) is 29.6 Å². The van der Waals surface area contributed by atoms with Gasteiger partial charge in [0.25, 0.3) is 5.95 Å². The molecule has 3 aromatic rings. The van der Waals surface area contributed by atoms with Crippen molar-refractivity contribution in [2.75, 3.05) is 37.4 Å². The second-order valence-electron chi connectivity index (χ2n) is 7.97. The summed E-state index contributed by atoms with van der Waals surface area (Å²) >= 11 is 0. The summed E-state index contributed by atoms with van der Waals surface area (Å²) in [6, 6.07) is 5.58. The second kappa shape index (κ2) is 13.2. The SMILES string of the molecule is C=CS(=O)(=O)NCCNc1nc(NC(C)COC)c(N=Nc2nn(-c3ncccn3)cc2C#N)c(C)c1C#N. The highest BCUT2D eigenvalue weighted by Crippen LogP contribution is 2.35. The number of nitrogens with one attached hydrogen (secondary N) is 3. The van der Waals surface area contributed by atoms with Crippen LogP contribution in [0.15, 0.2) is 46.9 Å². The van der Waals surface area contributed by atoms with Crippen molar-refractivity contribution in [3.8, 4) is 18.1 Å². The summed E-state index contributed by atoms with van der Waals surface area (Å²) in [5.41, 5.74) is 1.02. The largest absolute Gasteiger partial charge is 0.383 e. The molecule has 0 radical (unpaired) electrons. The van der Waals surface area contributed by atoms with Crippen LogP contribution in [0.5, 0.6) is 0 Å². The van der Waals surface area contributed by atoms with Crippen LogP contribution in [-0.4, -0.2) is 66.0 Å². The molecule has 0 saturated heterocycles. The van der Waals surface area contributed by atoms with Gasteiger partial charge in [0.2, 0.25) is 15.8 Å². The van der Waals surface area contributed by atoms with Crippen molar-refractivity contribution in [3.63, 3.8) is 0 Å². The van der Waals surface area contributed by atoms with Gasteiger partial charge in [0.1, 0.15) is 29.2 Å². The van der Waals surface area contributed by atoms with Crippen LogP contribution in [-0.2, 0) is 14.8 Å². The molecule has 0 aromatic carbocycles. The summed E-state index contributed by atoms with van der Waals surface area (Å²) in [5.74, 6) is 0.789. The van der Waals surface area contributed by atoms with Gasteiger partial charge in [-0.25, -0.2) is 32.8 Å². The Balaban J connectivity index is 1.99. The van der Waals surface area contributed by atoms with Gasteiger partial charge >= 0.3 is 0 Å². The van der Waals surface area contributed by atoms with Crippen molar-refractivity contribution < 1.29 is 13.2 Å². The fourth-order valence-electron chi connectivity index (χ4n) is 3.27. The van der Waals surface area contributed by atoms with E-state index < -0.39 is 10.0 Å². The first kappa shape index (κ1) is 28.8. The van der Waals surface area contributed by atoms with Gasteiger partial charge < -0.3 is 15.4 Å². The number of pyridine rings is 1. The topological polar surface area (TPSA) is 208 Å². The van der Waals surface area contributed by atoms with Crippen LogP contribution >= 0.6 is 0 Å². The molecule has 0 aliphatic carbocycles. The van der Waals surface area contributed by atoms with E-state index in [1.165, 1.54) is 10.9 Å². The third-order valence-corrected chi connectivity index (χ3v) is 6.13. The molecule has 0 spiro atoms. The zero-order chi connectivity index (χ0) is 28.4. The van der Waals surface area contributed by atoms with E-state index >= 15 is 0 Å². The Morgan fingerprint density at radius 3 is 2.59 bits per heavy atom. The first-order valence-corrected chi connectivity index (χ1v) is 13.0. The average molecular weight is 551 g/mol. The Bertz CT molecular complexity index is 1540. The lowest BCUT2D eigenvalue weighted by Crippen LogP contribution is -2.27. The van der Waals surface area contributed by atoms with Crippen LogP contribution in [0.3, 0.4) is 0 Å². The molecule has 3 heterocycles. The van der Waals surface area contributed by atoms with Crippen molar-refractivity contribution in [2.45, 2.75) is 19.9 Å². The van der Waals surface area contributed by atoms with Crippen LogP contribution < -0.4 is 15.4 Å². The number of anilines is 2. The van der Waals surface area contributed by atoms with E-state index in [-0.39, 0.29) is 53.5 Å². The third-order valence-electron chi connectivity index (χ3n) is 5.08. The minimum atomic E-state index is -3.59. The summed E-state index contributed by atoms with van der Waals surface area (Å²) in [6.45, 7) is 7.32. The first-order valence-electron chi connectivity index (χ1n) is 11.5. The van der Waals surface area contributed by atoms with E-state index in [1.54, 1.807) is 32.5 Å². The van der Waals surface area contributed by atoms with Crippen LogP contribution in [0.1, 0.15) is 23.6 Å². The quantitative estimate of drug-likeness (QED) is 0.208. The number of aromatic nitrogens is 5. The van der Waals surface area contributed by atoms with Crippen molar-refractivity contribution in [2.24, 2.45) is 10.2 Å². The summed E-state index contributed by atoms with van der Waals surface area (Å²) in [6.07, 6.45) is 4.51. The molecule has 39 heavy (non-hydrogen) atoms. The zero-order valence-corrected chi connectivity index (χ0v) is 22.3. The van der Waals surface area contributed by atoms with Gasteiger partial charge in [-0.3, -0.25) is 0 Å². The maximum Gasteiger partial charge on any atom is 0.250 e. The van der Waals surface area contributed by atoms with Crippen LogP contribution in [0.2, 0.25) is 0 Å². The second-order valence-corrected chi connectivity index (χ2v) is 9.69. The van der Waals surface area contributed by atoms with Crippen molar-refractivity contribution in [3.05, 3.63) is 53.3 Å². The predicted octanol–water partition coefficient (Wildman–Crippen LogP) is 2.45. The highest BCUT2D eigenvalue weighted by Gasteiger charge is 2.20. The number of sulfonamides is 1. The van der Waals surface area contributed by atoms with E-state index in [0.717, 1.165) is 5.41 Å². The lowest BCUT2D eigenvalue weighted by Gasteiger charge is -2.18. The molecule has 3 aromatic heterocycles. The number of nitriles is 2. The molecule has 0 amide bonds. The molecular formula is C23H26N12O3S. The highest BCUT2D eigenvalue weighted by atomic mass is 32.2. The molecule has 1 unspecified atom stereocenters. The number of ether oxygens (including phenoxy) is 1. The van der Waals surface area contributed by atoms with Gasteiger partial charge in [0, 0.05) is 49.6 Å². The number of hydrogen-bond donors (Lipinski definition) is 3. The Morgan fingerprint density at radius 2 is 1.95 bits per heavy atom. The molecule has 202 valence electrons. The maximum atomic E-state index is 11.6. The lowest BCUT2D eigenvalue weighted by molar-refractivity contribution is 0.190. The van der Waals surface area contributed by atoms with E-state index in [0.29, 0.717) is 18.0 Å². The van der Waals surface area contributed by atoms with Crippen molar-refractivity contribution >= 4 is 33.2 Å². The normalized spacial score (nSPS) is 12.0. The molecule has 0 aliphatic heterocycles. The predicted molar refractivity (Wildman–Crippen MR) is 142 cm³/mol. The van der Waals surface area contributed by atoms with E-state index in [2.05, 4.69) is 58.3 Å². The summed E-state index contributed by atoms with van der Waals surface area (Å²) in [7, 11) is -2.03.